The summed E-state index contributed by atoms with van der Waals surface area (Å²) in [6, 6.07) is 8.73. The number of amides is 1. The number of piperidine rings is 1. The Morgan fingerprint density at radius 2 is 1.85 bits per heavy atom. The number of ether oxygens (including phenoxy) is 1. The second kappa shape index (κ2) is 7.45. The van der Waals surface area contributed by atoms with Gasteiger partial charge < -0.3 is 9.64 Å². The summed E-state index contributed by atoms with van der Waals surface area (Å²) in [6.45, 7) is 0.708. The van der Waals surface area contributed by atoms with Crippen LogP contribution in [0.1, 0.15) is 30.3 Å². The van der Waals surface area contributed by atoms with Gasteiger partial charge in [-0.1, -0.05) is 30.3 Å². The number of carbonyl (C=O) groups is 1. The Morgan fingerprint density at radius 3 is 2.41 bits per heavy atom. The number of likely N-dealkylation sites (tertiary alicyclic amines) is 1. The van der Waals surface area contributed by atoms with Crippen molar-refractivity contribution < 1.29 is 22.7 Å². The molecule has 2 heterocycles. The van der Waals surface area contributed by atoms with Crippen molar-refractivity contribution in [2.75, 3.05) is 13.1 Å². The molecule has 1 aromatic heterocycles. The van der Waals surface area contributed by atoms with Crippen molar-refractivity contribution in [3.05, 3.63) is 52.2 Å². The number of alkyl halides is 3. The average Bonchev–Trinajstić information content (AvgIpc) is 2.96. The molecule has 0 bridgehead atoms. The van der Waals surface area contributed by atoms with Crippen molar-refractivity contribution in [1.82, 2.24) is 19.2 Å². The molecule has 2 aromatic rings. The summed E-state index contributed by atoms with van der Waals surface area (Å²) in [5, 5.41) is 3.46. The second-order valence-electron chi connectivity index (χ2n) is 6.37. The van der Waals surface area contributed by atoms with E-state index >= 15 is 0 Å². The van der Waals surface area contributed by atoms with Crippen LogP contribution in [0.3, 0.4) is 0 Å². The van der Waals surface area contributed by atoms with E-state index in [0.717, 1.165) is 17.3 Å². The Balaban J connectivity index is 1.59. The van der Waals surface area contributed by atoms with E-state index < -0.39 is 29.8 Å². The standard InChI is InChI=1S/C17H19F3N4O3/c1-22-14(17(18,19)20)21-24(15(22)25)13-7-9-23(10-8-13)16(26)27-11-12-5-3-2-4-6-12/h2-6,13H,7-11H2,1H3. The molecule has 0 aliphatic carbocycles. The zero-order valence-corrected chi connectivity index (χ0v) is 14.6. The van der Waals surface area contributed by atoms with Gasteiger partial charge in [0.2, 0.25) is 5.82 Å². The van der Waals surface area contributed by atoms with Crippen molar-refractivity contribution in [3.63, 3.8) is 0 Å². The summed E-state index contributed by atoms with van der Waals surface area (Å²) in [6.07, 6.45) is -4.52. The zero-order chi connectivity index (χ0) is 19.6. The molecule has 27 heavy (non-hydrogen) atoms. The van der Waals surface area contributed by atoms with E-state index in [9.17, 15) is 22.8 Å². The lowest BCUT2D eigenvalue weighted by Gasteiger charge is -2.30. The lowest BCUT2D eigenvalue weighted by Crippen LogP contribution is -2.41. The summed E-state index contributed by atoms with van der Waals surface area (Å²) in [5.74, 6) is -1.22. The number of rotatable bonds is 3. The number of carbonyl (C=O) groups excluding carboxylic acids is 1. The fourth-order valence-corrected chi connectivity index (χ4v) is 3.04. The summed E-state index contributed by atoms with van der Waals surface area (Å²) in [4.78, 5) is 25.7. The van der Waals surface area contributed by atoms with Crippen LogP contribution >= 0.6 is 0 Å². The first-order valence-corrected chi connectivity index (χ1v) is 8.45. The normalized spacial score (nSPS) is 15.8. The van der Waals surface area contributed by atoms with E-state index in [1.807, 2.05) is 30.3 Å². The monoisotopic (exact) mass is 384 g/mol. The van der Waals surface area contributed by atoms with Crippen molar-refractivity contribution in [2.24, 2.45) is 7.05 Å². The second-order valence-corrected chi connectivity index (χ2v) is 6.37. The summed E-state index contributed by atoms with van der Waals surface area (Å²) in [5.41, 5.74) is 0.0490. The maximum Gasteiger partial charge on any atom is 0.451 e. The third-order valence-electron chi connectivity index (χ3n) is 4.53. The number of benzene rings is 1. The molecule has 0 saturated carbocycles. The molecule has 1 fully saturated rings. The van der Waals surface area contributed by atoms with Crippen LogP contribution in [-0.2, 0) is 24.6 Å². The van der Waals surface area contributed by atoms with Crippen LogP contribution in [0, 0.1) is 0 Å². The van der Waals surface area contributed by atoms with E-state index in [1.165, 1.54) is 4.90 Å². The molecule has 1 aromatic carbocycles. The van der Waals surface area contributed by atoms with Gasteiger partial charge in [-0.2, -0.15) is 13.2 Å². The Labute approximate surface area is 152 Å². The molecule has 1 aliphatic heterocycles. The van der Waals surface area contributed by atoms with Crippen LogP contribution in [0.5, 0.6) is 0 Å². The van der Waals surface area contributed by atoms with Crippen LogP contribution < -0.4 is 5.69 Å². The first-order valence-electron chi connectivity index (χ1n) is 8.45. The zero-order valence-electron chi connectivity index (χ0n) is 14.6. The smallest absolute Gasteiger partial charge is 0.445 e. The predicted molar refractivity (Wildman–Crippen MR) is 88.9 cm³/mol. The van der Waals surface area contributed by atoms with Crippen LogP contribution in [0.4, 0.5) is 18.0 Å². The molecular formula is C17H19F3N4O3. The number of halogens is 3. The minimum atomic E-state index is -4.69. The highest BCUT2D eigenvalue weighted by Gasteiger charge is 2.39. The molecule has 10 heteroatoms. The lowest BCUT2D eigenvalue weighted by molar-refractivity contribution is -0.147. The van der Waals surface area contributed by atoms with E-state index in [-0.39, 0.29) is 19.7 Å². The highest BCUT2D eigenvalue weighted by molar-refractivity contribution is 5.67. The Hall–Kier alpha value is -2.78. The molecule has 7 nitrogen and oxygen atoms in total. The van der Waals surface area contributed by atoms with E-state index in [2.05, 4.69) is 5.10 Å². The third kappa shape index (κ3) is 4.15. The van der Waals surface area contributed by atoms with Gasteiger partial charge in [0.1, 0.15) is 6.61 Å². The highest BCUT2D eigenvalue weighted by atomic mass is 19.4. The summed E-state index contributed by atoms with van der Waals surface area (Å²) < 4.78 is 45.3. The van der Waals surface area contributed by atoms with Crippen LogP contribution in [0.25, 0.3) is 0 Å². The van der Waals surface area contributed by atoms with Gasteiger partial charge in [-0.05, 0) is 18.4 Å². The van der Waals surface area contributed by atoms with Crippen molar-refractivity contribution in [2.45, 2.75) is 31.7 Å². The molecule has 1 aliphatic rings. The lowest BCUT2D eigenvalue weighted by atomic mass is 10.1. The van der Waals surface area contributed by atoms with Crippen LogP contribution in [0.2, 0.25) is 0 Å². The quantitative estimate of drug-likeness (QED) is 0.816. The molecule has 0 unspecified atom stereocenters. The molecule has 3 rings (SSSR count). The fourth-order valence-electron chi connectivity index (χ4n) is 3.04. The van der Waals surface area contributed by atoms with E-state index in [1.54, 1.807) is 0 Å². The Bertz CT molecular complexity index is 853. The molecule has 146 valence electrons. The molecule has 0 radical (unpaired) electrons. The molecular weight excluding hydrogens is 365 g/mol. The van der Waals surface area contributed by atoms with Gasteiger partial charge in [0.15, 0.2) is 0 Å². The van der Waals surface area contributed by atoms with Crippen molar-refractivity contribution in [1.29, 1.82) is 0 Å². The van der Waals surface area contributed by atoms with Gasteiger partial charge in [-0.25, -0.2) is 14.3 Å². The summed E-state index contributed by atoms with van der Waals surface area (Å²) in [7, 11) is 1.05. The van der Waals surface area contributed by atoms with Gasteiger partial charge in [-0.3, -0.25) is 4.57 Å². The molecule has 1 amide bonds. The number of hydrogen-bond donors (Lipinski definition) is 0. The van der Waals surface area contributed by atoms with E-state index in [0.29, 0.717) is 17.4 Å². The maximum atomic E-state index is 12.9. The number of nitrogens with zero attached hydrogens (tertiary/aromatic N) is 4. The largest absolute Gasteiger partial charge is 0.451 e. The van der Waals surface area contributed by atoms with Gasteiger partial charge in [0, 0.05) is 20.1 Å². The third-order valence-corrected chi connectivity index (χ3v) is 4.53. The van der Waals surface area contributed by atoms with Gasteiger partial charge in [0.25, 0.3) is 0 Å². The average molecular weight is 384 g/mol. The minimum Gasteiger partial charge on any atom is -0.445 e. The predicted octanol–water partition coefficient (Wildman–Crippen LogP) is 2.57. The Kier molecular flexibility index (Phi) is 5.24. The Morgan fingerprint density at radius 1 is 1.22 bits per heavy atom. The number of hydrogen-bond acceptors (Lipinski definition) is 4. The fraction of sp³-hybridized carbons (Fsp3) is 0.471. The molecule has 0 N–H and O–H groups in total. The highest BCUT2D eigenvalue weighted by Crippen LogP contribution is 2.28. The first kappa shape index (κ1) is 19.0. The number of aromatic nitrogens is 3. The van der Waals surface area contributed by atoms with Crippen LogP contribution in [-0.4, -0.2) is 38.4 Å². The van der Waals surface area contributed by atoms with Crippen LogP contribution in [0.15, 0.2) is 35.1 Å². The van der Waals surface area contributed by atoms with Gasteiger partial charge >= 0.3 is 18.0 Å². The topological polar surface area (TPSA) is 69.4 Å². The first-order chi connectivity index (χ1) is 12.8. The van der Waals surface area contributed by atoms with Gasteiger partial charge in [-0.15, -0.1) is 5.10 Å². The molecule has 0 spiro atoms. The van der Waals surface area contributed by atoms with Gasteiger partial charge in [0.05, 0.1) is 6.04 Å². The maximum absolute atomic E-state index is 12.9. The van der Waals surface area contributed by atoms with E-state index in [4.69, 9.17) is 4.74 Å². The molecule has 1 saturated heterocycles. The summed E-state index contributed by atoms with van der Waals surface area (Å²) >= 11 is 0. The van der Waals surface area contributed by atoms with Crippen molar-refractivity contribution in [3.8, 4) is 0 Å². The van der Waals surface area contributed by atoms with Crippen molar-refractivity contribution >= 4 is 6.09 Å². The SMILES string of the molecule is Cn1c(C(F)(F)F)nn(C2CCN(C(=O)OCc3ccccc3)CC2)c1=O. The minimum absolute atomic E-state index is 0.147. The molecule has 0 atom stereocenters.